The van der Waals surface area contributed by atoms with Crippen LogP contribution in [0.2, 0.25) is 0 Å². The van der Waals surface area contributed by atoms with Gasteiger partial charge in [0, 0.05) is 32.2 Å². The smallest absolute Gasteiger partial charge is 0.203 e. The summed E-state index contributed by atoms with van der Waals surface area (Å²) in [5, 5.41) is 0.533. The van der Waals surface area contributed by atoms with Crippen molar-refractivity contribution in [3.05, 3.63) is 40.4 Å². The lowest BCUT2D eigenvalue weighted by molar-refractivity contribution is 0.325. The molecule has 0 amide bonds. The van der Waals surface area contributed by atoms with Gasteiger partial charge in [-0.1, -0.05) is 0 Å². The Bertz CT molecular complexity index is 622. The van der Waals surface area contributed by atoms with Crippen LogP contribution in [-0.4, -0.2) is 39.8 Å². The molecule has 22 heavy (non-hydrogen) atoms. The van der Waals surface area contributed by atoms with Gasteiger partial charge in [-0.15, -0.1) is 0 Å². The van der Waals surface area contributed by atoms with E-state index in [1.807, 2.05) is 9.80 Å². The molecule has 1 N–H and O–H groups in total. The summed E-state index contributed by atoms with van der Waals surface area (Å²) < 4.78 is 47.9. The fraction of sp³-hybridized carbons (Fsp3) is 0.467. The van der Waals surface area contributed by atoms with Crippen LogP contribution in [0.1, 0.15) is 19.3 Å². The summed E-state index contributed by atoms with van der Waals surface area (Å²) in [7, 11) is 0. The highest BCUT2D eigenvalue weighted by molar-refractivity contribution is 7.83. The van der Waals surface area contributed by atoms with Crippen molar-refractivity contribution in [2.45, 2.75) is 19.3 Å². The summed E-state index contributed by atoms with van der Waals surface area (Å²) in [5.74, 6) is -1.16. The molecule has 2 fully saturated rings. The summed E-state index contributed by atoms with van der Waals surface area (Å²) in [6.07, 6.45) is 2.83. The minimum absolute atomic E-state index is 0.379. The molecular formula is C15H18F2N2O2S. The van der Waals surface area contributed by atoms with Crippen LogP contribution in [0.25, 0.3) is 0 Å². The van der Waals surface area contributed by atoms with Gasteiger partial charge in [0.15, 0.2) is 0 Å². The van der Waals surface area contributed by atoms with E-state index in [0.717, 1.165) is 30.9 Å². The summed E-state index contributed by atoms with van der Waals surface area (Å²) in [4.78, 5) is 3.76. The molecule has 120 valence electrons. The van der Waals surface area contributed by atoms with Gasteiger partial charge in [-0.3, -0.25) is 0 Å². The molecule has 1 saturated heterocycles. The van der Waals surface area contributed by atoms with Crippen molar-refractivity contribution in [3.63, 3.8) is 0 Å². The van der Waals surface area contributed by atoms with Gasteiger partial charge in [-0.25, -0.2) is 13.0 Å². The van der Waals surface area contributed by atoms with E-state index >= 15 is 0 Å². The van der Waals surface area contributed by atoms with Gasteiger partial charge in [0.25, 0.3) is 0 Å². The van der Waals surface area contributed by atoms with E-state index in [1.165, 1.54) is 12.1 Å². The molecule has 1 aromatic rings. The number of hydrogen-bond acceptors (Lipinski definition) is 3. The summed E-state index contributed by atoms with van der Waals surface area (Å²) in [6, 6.07) is 3.57. The summed E-state index contributed by atoms with van der Waals surface area (Å²) in [5.41, 5.74) is 1.44. The van der Waals surface area contributed by atoms with Crippen LogP contribution < -0.4 is 4.90 Å². The summed E-state index contributed by atoms with van der Waals surface area (Å²) >= 11 is -1.98. The van der Waals surface area contributed by atoms with Crippen LogP contribution in [0.4, 0.5) is 14.5 Å². The van der Waals surface area contributed by atoms with Crippen molar-refractivity contribution in [1.82, 2.24) is 4.90 Å². The van der Waals surface area contributed by atoms with Crippen LogP contribution >= 0.6 is 0 Å². The van der Waals surface area contributed by atoms with Crippen LogP contribution in [0.15, 0.2) is 28.8 Å². The Morgan fingerprint density at radius 3 is 2.32 bits per heavy atom. The average molecular weight is 328 g/mol. The van der Waals surface area contributed by atoms with Crippen LogP contribution in [-0.2, 0) is 11.1 Å². The Balaban J connectivity index is 1.71. The number of piperazine rings is 1. The molecule has 0 radical (unpaired) electrons. The fourth-order valence-electron chi connectivity index (χ4n) is 2.91. The molecule has 1 unspecified atom stereocenters. The van der Waals surface area contributed by atoms with E-state index in [0.29, 0.717) is 36.9 Å². The molecular weight excluding hydrogens is 310 g/mol. The first-order valence-electron chi connectivity index (χ1n) is 7.34. The van der Waals surface area contributed by atoms with Gasteiger partial charge in [-0.05, 0) is 37.0 Å². The number of benzene rings is 1. The molecule has 3 rings (SSSR count). The molecule has 4 nitrogen and oxygen atoms in total. The van der Waals surface area contributed by atoms with Crippen molar-refractivity contribution < 1.29 is 17.5 Å². The molecule has 0 bridgehead atoms. The minimum Gasteiger partial charge on any atom is -0.366 e. The highest BCUT2D eigenvalue weighted by Gasteiger charge is 2.27. The van der Waals surface area contributed by atoms with Crippen molar-refractivity contribution in [3.8, 4) is 0 Å². The second kappa shape index (κ2) is 6.34. The largest absolute Gasteiger partial charge is 0.366 e. The molecule has 1 aromatic carbocycles. The van der Waals surface area contributed by atoms with E-state index < -0.39 is 22.7 Å². The lowest BCUT2D eigenvalue weighted by Crippen LogP contribution is -2.47. The zero-order valence-electron chi connectivity index (χ0n) is 12.1. The van der Waals surface area contributed by atoms with Crippen molar-refractivity contribution in [1.29, 1.82) is 0 Å². The monoisotopic (exact) mass is 328 g/mol. The molecule has 2 aliphatic rings. The van der Waals surface area contributed by atoms with E-state index in [9.17, 15) is 17.5 Å². The number of hydrogen-bond donors (Lipinski definition) is 1. The van der Waals surface area contributed by atoms with E-state index in [4.69, 9.17) is 0 Å². The predicted octanol–water partition coefficient (Wildman–Crippen LogP) is 2.70. The molecule has 1 atom stereocenters. The zero-order valence-corrected chi connectivity index (χ0v) is 12.9. The number of anilines is 1. The topological polar surface area (TPSA) is 43.8 Å². The Hall–Kier alpha value is -1.47. The standard InChI is InChI=1S/C15H18F2N2O2S/c16-12-4-5-14(13(17)10-12)18-6-8-19(9-7-18)15(22(20)21)11-2-1-3-11/h4-5,10H,1-3,6-9H2,(H,20,21). The first-order chi connectivity index (χ1) is 10.6. The molecule has 1 aliphatic carbocycles. The van der Waals surface area contributed by atoms with Gasteiger partial charge in [0.1, 0.15) is 16.7 Å². The van der Waals surface area contributed by atoms with Crippen molar-refractivity contribution in [2.75, 3.05) is 31.1 Å². The SMILES string of the molecule is O=S(O)C(=C1CCC1)N1CCN(c2ccc(F)cc2F)CC1. The highest BCUT2D eigenvalue weighted by atomic mass is 32.2. The number of halogens is 2. The molecule has 7 heteroatoms. The lowest BCUT2D eigenvalue weighted by atomic mass is 9.93. The lowest BCUT2D eigenvalue weighted by Gasteiger charge is -2.39. The fourth-order valence-corrected chi connectivity index (χ4v) is 3.77. The minimum atomic E-state index is -1.98. The third-order valence-electron chi connectivity index (χ3n) is 4.24. The van der Waals surface area contributed by atoms with E-state index in [1.54, 1.807) is 0 Å². The number of allylic oxidation sites excluding steroid dienone is 1. The molecule has 1 saturated carbocycles. The second-order valence-corrected chi connectivity index (χ2v) is 6.47. The van der Waals surface area contributed by atoms with Crippen LogP contribution in [0, 0.1) is 11.6 Å². The Labute approximate surface area is 130 Å². The first-order valence-corrected chi connectivity index (χ1v) is 8.45. The maximum absolute atomic E-state index is 13.8. The Morgan fingerprint density at radius 2 is 1.82 bits per heavy atom. The number of rotatable bonds is 3. The van der Waals surface area contributed by atoms with Gasteiger partial charge < -0.3 is 14.4 Å². The van der Waals surface area contributed by atoms with Crippen molar-refractivity contribution in [2.24, 2.45) is 0 Å². The third-order valence-corrected chi connectivity index (χ3v) is 5.12. The maximum Gasteiger partial charge on any atom is 0.203 e. The van der Waals surface area contributed by atoms with E-state index in [2.05, 4.69) is 0 Å². The van der Waals surface area contributed by atoms with Gasteiger partial charge in [0.05, 0.1) is 5.69 Å². The molecule has 0 spiro atoms. The van der Waals surface area contributed by atoms with Crippen LogP contribution in [0.3, 0.4) is 0 Å². The van der Waals surface area contributed by atoms with Crippen LogP contribution in [0.5, 0.6) is 0 Å². The second-order valence-electron chi connectivity index (χ2n) is 5.58. The van der Waals surface area contributed by atoms with E-state index in [-0.39, 0.29) is 0 Å². The molecule has 0 aromatic heterocycles. The highest BCUT2D eigenvalue weighted by Crippen LogP contribution is 2.32. The normalized spacial score (nSPS) is 19.9. The third kappa shape index (κ3) is 3.01. The van der Waals surface area contributed by atoms with Gasteiger partial charge in [0.2, 0.25) is 11.1 Å². The quantitative estimate of drug-likeness (QED) is 0.867. The molecule has 1 heterocycles. The molecule has 1 aliphatic heterocycles. The zero-order chi connectivity index (χ0) is 15.7. The first kappa shape index (κ1) is 15.4. The maximum atomic E-state index is 13.8. The Kier molecular flexibility index (Phi) is 4.44. The number of nitrogens with zero attached hydrogens (tertiary/aromatic N) is 2. The van der Waals surface area contributed by atoms with Crippen molar-refractivity contribution >= 4 is 16.8 Å². The van der Waals surface area contributed by atoms with Gasteiger partial charge in [-0.2, -0.15) is 0 Å². The van der Waals surface area contributed by atoms with Gasteiger partial charge >= 0.3 is 0 Å². The average Bonchev–Trinajstić information content (AvgIpc) is 2.43. The predicted molar refractivity (Wildman–Crippen MR) is 81.8 cm³/mol. The summed E-state index contributed by atoms with van der Waals surface area (Å²) in [6.45, 7) is 2.19. The Morgan fingerprint density at radius 1 is 1.14 bits per heavy atom.